The Morgan fingerprint density at radius 1 is 0.909 bits per heavy atom. The van der Waals surface area contributed by atoms with Gasteiger partial charge in [0.1, 0.15) is 0 Å². The van der Waals surface area contributed by atoms with Gasteiger partial charge in [0.2, 0.25) is 0 Å². The van der Waals surface area contributed by atoms with Crippen molar-refractivity contribution in [1.29, 1.82) is 0 Å². The Kier molecular flexibility index (Phi) is 4.96. The molecule has 22 heavy (non-hydrogen) atoms. The third-order valence-corrected chi connectivity index (χ3v) is 4.17. The number of benzene rings is 2. The Balaban J connectivity index is 1.56. The number of nitrogens with zero attached hydrogens (tertiary/aromatic N) is 1. The number of anilines is 2. The molecular formula is C19H24N2O. The SMILES string of the molecule is CCc1ccc(NCc2ccc(N3CCOCC3)cc2)cc1. The summed E-state index contributed by atoms with van der Waals surface area (Å²) in [5.74, 6) is 0. The van der Waals surface area contributed by atoms with Crippen molar-refractivity contribution in [2.75, 3.05) is 36.5 Å². The van der Waals surface area contributed by atoms with E-state index in [1.807, 2.05) is 0 Å². The summed E-state index contributed by atoms with van der Waals surface area (Å²) in [5, 5.41) is 3.48. The highest BCUT2D eigenvalue weighted by molar-refractivity contribution is 5.49. The van der Waals surface area contributed by atoms with Gasteiger partial charge < -0.3 is 15.0 Å². The van der Waals surface area contributed by atoms with Crippen LogP contribution in [0, 0.1) is 0 Å². The lowest BCUT2D eigenvalue weighted by molar-refractivity contribution is 0.122. The van der Waals surface area contributed by atoms with Crippen LogP contribution in [0.1, 0.15) is 18.1 Å². The molecule has 0 aliphatic carbocycles. The van der Waals surface area contributed by atoms with Gasteiger partial charge in [-0.05, 0) is 41.8 Å². The van der Waals surface area contributed by atoms with E-state index < -0.39 is 0 Å². The zero-order chi connectivity index (χ0) is 15.2. The molecule has 1 heterocycles. The maximum atomic E-state index is 5.40. The van der Waals surface area contributed by atoms with Crippen LogP contribution in [0.5, 0.6) is 0 Å². The summed E-state index contributed by atoms with van der Waals surface area (Å²) in [7, 11) is 0. The standard InChI is InChI=1S/C19H24N2O/c1-2-16-3-7-18(8-4-16)20-15-17-5-9-19(10-6-17)21-11-13-22-14-12-21/h3-10,20H,2,11-15H2,1H3. The summed E-state index contributed by atoms with van der Waals surface area (Å²) < 4.78 is 5.40. The lowest BCUT2D eigenvalue weighted by atomic mass is 10.1. The van der Waals surface area contributed by atoms with Gasteiger partial charge in [0, 0.05) is 31.0 Å². The van der Waals surface area contributed by atoms with E-state index in [4.69, 9.17) is 4.74 Å². The molecular weight excluding hydrogens is 272 g/mol. The number of aryl methyl sites for hydroxylation is 1. The van der Waals surface area contributed by atoms with Crippen LogP contribution in [0.25, 0.3) is 0 Å². The molecule has 2 aromatic rings. The molecule has 1 fully saturated rings. The van der Waals surface area contributed by atoms with Crippen molar-refractivity contribution in [3.05, 3.63) is 59.7 Å². The van der Waals surface area contributed by atoms with Gasteiger partial charge in [-0.1, -0.05) is 31.2 Å². The second kappa shape index (κ2) is 7.32. The van der Waals surface area contributed by atoms with Crippen molar-refractivity contribution in [2.45, 2.75) is 19.9 Å². The number of ether oxygens (including phenoxy) is 1. The first-order valence-corrected chi connectivity index (χ1v) is 8.09. The highest BCUT2D eigenvalue weighted by atomic mass is 16.5. The number of rotatable bonds is 5. The molecule has 3 nitrogen and oxygen atoms in total. The summed E-state index contributed by atoms with van der Waals surface area (Å²) in [4.78, 5) is 2.38. The van der Waals surface area contributed by atoms with Crippen LogP contribution >= 0.6 is 0 Å². The summed E-state index contributed by atoms with van der Waals surface area (Å²) in [5.41, 5.74) is 5.14. The monoisotopic (exact) mass is 296 g/mol. The van der Waals surface area contributed by atoms with Crippen molar-refractivity contribution in [3.63, 3.8) is 0 Å². The normalized spacial score (nSPS) is 14.9. The second-order valence-corrected chi connectivity index (χ2v) is 5.67. The number of morpholine rings is 1. The average Bonchev–Trinajstić information content (AvgIpc) is 2.61. The van der Waals surface area contributed by atoms with E-state index in [2.05, 4.69) is 65.7 Å². The van der Waals surface area contributed by atoms with Crippen LogP contribution in [0.4, 0.5) is 11.4 Å². The largest absolute Gasteiger partial charge is 0.381 e. The molecule has 0 spiro atoms. The van der Waals surface area contributed by atoms with Gasteiger partial charge in [0.15, 0.2) is 0 Å². The fourth-order valence-electron chi connectivity index (χ4n) is 2.71. The van der Waals surface area contributed by atoms with Gasteiger partial charge in [0.05, 0.1) is 13.2 Å². The summed E-state index contributed by atoms with van der Waals surface area (Å²) in [6.45, 7) is 6.67. The van der Waals surface area contributed by atoms with Crippen molar-refractivity contribution in [2.24, 2.45) is 0 Å². The Labute approximate surface area is 132 Å². The highest BCUT2D eigenvalue weighted by Crippen LogP contribution is 2.18. The van der Waals surface area contributed by atoms with E-state index in [1.54, 1.807) is 0 Å². The Hall–Kier alpha value is -2.00. The molecule has 0 atom stereocenters. The van der Waals surface area contributed by atoms with E-state index in [-0.39, 0.29) is 0 Å². The summed E-state index contributed by atoms with van der Waals surface area (Å²) >= 11 is 0. The predicted molar refractivity (Wildman–Crippen MR) is 92.6 cm³/mol. The lowest BCUT2D eigenvalue weighted by Gasteiger charge is -2.28. The first kappa shape index (κ1) is 14.9. The van der Waals surface area contributed by atoms with Crippen molar-refractivity contribution in [1.82, 2.24) is 0 Å². The van der Waals surface area contributed by atoms with Crippen LogP contribution in [0.15, 0.2) is 48.5 Å². The lowest BCUT2D eigenvalue weighted by Crippen LogP contribution is -2.36. The van der Waals surface area contributed by atoms with Gasteiger partial charge in [-0.15, -0.1) is 0 Å². The molecule has 3 heteroatoms. The van der Waals surface area contributed by atoms with Crippen LogP contribution < -0.4 is 10.2 Å². The van der Waals surface area contributed by atoms with Gasteiger partial charge in [-0.25, -0.2) is 0 Å². The molecule has 0 saturated carbocycles. The minimum atomic E-state index is 0.830. The highest BCUT2D eigenvalue weighted by Gasteiger charge is 2.10. The average molecular weight is 296 g/mol. The molecule has 0 unspecified atom stereocenters. The third-order valence-electron chi connectivity index (χ3n) is 4.17. The predicted octanol–water partition coefficient (Wildman–Crippen LogP) is 3.70. The summed E-state index contributed by atoms with van der Waals surface area (Å²) in [6, 6.07) is 17.5. The van der Waals surface area contributed by atoms with Gasteiger partial charge in [0.25, 0.3) is 0 Å². The summed E-state index contributed by atoms with van der Waals surface area (Å²) in [6.07, 6.45) is 1.09. The second-order valence-electron chi connectivity index (χ2n) is 5.67. The number of hydrogen-bond donors (Lipinski definition) is 1. The smallest absolute Gasteiger partial charge is 0.0642 e. The maximum absolute atomic E-state index is 5.40. The van der Waals surface area contributed by atoms with Gasteiger partial charge >= 0.3 is 0 Å². The zero-order valence-electron chi connectivity index (χ0n) is 13.2. The van der Waals surface area contributed by atoms with Crippen LogP contribution in [-0.4, -0.2) is 26.3 Å². The van der Waals surface area contributed by atoms with E-state index in [0.717, 1.165) is 39.3 Å². The molecule has 1 aliphatic heterocycles. The van der Waals surface area contributed by atoms with Crippen LogP contribution in [0.2, 0.25) is 0 Å². The Morgan fingerprint density at radius 3 is 2.18 bits per heavy atom. The fourth-order valence-corrected chi connectivity index (χ4v) is 2.71. The molecule has 0 aromatic heterocycles. The molecule has 2 aromatic carbocycles. The van der Waals surface area contributed by atoms with E-state index in [9.17, 15) is 0 Å². The van der Waals surface area contributed by atoms with E-state index >= 15 is 0 Å². The van der Waals surface area contributed by atoms with Gasteiger partial charge in [-0.3, -0.25) is 0 Å². The molecule has 1 N–H and O–H groups in total. The molecule has 0 amide bonds. The third kappa shape index (κ3) is 3.80. The van der Waals surface area contributed by atoms with Gasteiger partial charge in [-0.2, -0.15) is 0 Å². The number of hydrogen-bond acceptors (Lipinski definition) is 3. The zero-order valence-corrected chi connectivity index (χ0v) is 13.2. The van der Waals surface area contributed by atoms with E-state index in [1.165, 1.54) is 22.5 Å². The first-order valence-electron chi connectivity index (χ1n) is 8.09. The fraction of sp³-hybridized carbons (Fsp3) is 0.368. The molecule has 3 rings (SSSR count). The van der Waals surface area contributed by atoms with Crippen LogP contribution in [-0.2, 0) is 17.7 Å². The first-order chi connectivity index (χ1) is 10.8. The minimum Gasteiger partial charge on any atom is -0.381 e. The Morgan fingerprint density at radius 2 is 1.55 bits per heavy atom. The maximum Gasteiger partial charge on any atom is 0.0642 e. The molecule has 116 valence electrons. The molecule has 0 radical (unpaired) electrons. The van der Waals surface area contributed by atoms with E-state index in [0.29, 0.717) is 0 Å². The van der Waals surface area contributed by atoms with Crippen LogP contribution in [0.3, 0.4) is 0 Å². The van der Waals surface area contributed by atoms with Crippen molar-refractivity contribution >= 4 is 11.4 Å². The topological polar surface area (TPSA) is 24.5 Å². The quantitative estimate of drug-likeness (QED) is 0.910. The van der Waals surface area contributed by atoms with Crippen molar-refractivity contribution < 1.29 is 4.74 Å². The number of nitrogens with one attached hydrogen (secondary N) is 1. The van der Waals surface area contributed by atoms with Crippen molar-refractivity contribution in [3.8, 4) is 0 Å². The Bertz CT molecular complexity index is 571. The molecule has 1 aliphatic rings. The molecule has 0 bridgehead atoms. The minimum absolute atomic E-state index is 0.830. The molecule has 1 saturated heterocycles.